The van der Waals surface area contributed by atoms with Crippen LogP contribution in [0.25, 0.3) is 11.0 Å². The van der Waals surface area contributed by atoms with Gasteiger partial charge in [0.05, 0.1) is 24.0 Å². The van der Waals surface area contributed by atoms with Crippen LogP contribution in [0.4, 0.5) is 13.2 Å². The number of rotatable bonds is 3. The molecule has 0 radical (unpaired) electrons. The van der Waals surface area contributed by atoms with Gasteiger partial charge in [-0.3, -0.25) is 0 Å². The lowest BCUT2D eigenvalue weighted by Crippen LogP contribution is -2.13. The summed E-state index contributed by atoms with van der Waals surface area (Å²) in [6.45, 7) is -0.386. The van der Waals surface area contributed by atoms with Crippen LogP contribution in [0.3, 0.4) is 0 Å². The van der Waals surface area contributed by atoms with Crippen LogP contribution in [0.5, 0.6) is 0 Å². The molecule has 0 amide bonds. The molecule has 18 heavy (non-hydrogen) atoms. The maximum absolute atomic E-state index is 12.1. The van der Waals surface area contributed by atoms with E-state index in [0.29, 0.717) is 0 Å². The fraction of sp³-hybridized carbons (Fsp3) is 0.300. The van der Waals surface area contributed by atoms with E-state index >= 15 is 0 Å². The van der Waals surface area contributed by atoms with Gasteiger partial charge in [-0.25, -0.2) is 9.48 Å². The number of aryl methyl sites for hydroxylation is 1. The number of hydrogen-bond donors (Lipinski definition) is 1. The average Bonchev–Trinajstić information content (AvgIpc) is 2.68. The Morgan fingerprint density at radius 2 is 2.11 bits per heavy atom. The van der Waals surface area contributed by atoms with Crippen molar-refractivity contribution in [2.24, 2.45) is 0 Å². The smallest absolute Gasteiger partial charge is 0.390 e. The van der Waals surface area contributed by atoms with Gasteiger partial charge in [-0.1, -0.05) is 11.3 Å². The van der Waals surface area contributed by atoms with Gasteiger partial charge < -0.3 is 5.11 Å². The van der Waals surface area contributed by atoms with Crippen molar-refractivity contribution in [3.05, 3.63) is 23.8 Å². The van der Waals surface area contributed by atoms with Crippen molar-refractivity contribution < 1.29 is 23.1 Å². The van der Waals surface area contributed by atoms with Crippen LogP contribution >= 0.6 is 0 Å². The largest absolute Gasteiger partial charge is 0.478 e. The number of benzene rings is 1. The van der Waals surface area contributed by atoms with Crippen LogP contribution in [0, 0.1) is 0 Å². The molecule has 2 rings (SSSR count). The van der Waals surface area contributed by atoms with Crippen molar-refractivity contribution in [3.8, 4) is 0 Å². The van der Waals surface area contributed by atoms with Crippen molar-refractivity contribution >= 4 is 17.0 Å². The molecule has 0 atom stereocenters. The minimum absolute atomic E-state index is 0.0780. The van der Waals surface area contributed by atoms with E-state index in [0.717, 1.165) is 4.68 Å². The van der Waals surface area contributed by atoms with Crippen molar-refractivity contribution in [3.63, 3.8) is 0 Å². The summed E-state index contributed by atoms with van der Waals surface area (Å²) >= 11 is 0. The normalized spacial score (nSPS) is 11.9. The highest BCUT2D eigenvalue weighted by Crippen LogP contribution is 2.22. The van der Waals surface area contributed by atoms with Gasteiger partial charge in [-0.05, 0) is 12.1 Å². The number of hydrogen-bond acceptors (Lipinski definition) is 3. The first-order valence-electron chi connectivity index (χ1n) is 5.01. The van der Waals surface area contributed by atoms with Gasteiger partial charge in [0.2, 0.25) is 0 Å². The Morgan fingerprint density at radius 3 is 2.72 bits per heavy atom. The molecule has 1 aromatic heterocycles. The Morgan fingerprint density at radius 1 is 1.39 bits per heavy atom. The van der Waals surface area contributed by atoms with E-state index in [2.05, 4.69) is 10.3 Å². The van der Waals surface area contributed by atoms with Gasteiger partial charge in [0.25, 0.3) is 0 Å². The van der Waals surface area contributed by atoms with Crippen molar-refractivity contribution in [1.29, 1.82) is 0 Å². The van der Waals surface area contributed by atoms with E-state index < -0.39 is 18.6 Å². The van der Waals surface area contributed by atoms with E-state index in [9.17, 15) is 18.0 Å². The van der Waals surface area contributed by atoms with E-state index in [1.807, 2.05) is 0 Å². The van der Waals surface area contributed by atoms with Crippen LogP contribution < -0.4 is 0 Å². The minimum atomic E-state index is -4.29. The van der Waals surface area contributed by atoms with Gasteiger partial charge in [0, 0.05) is 0 Å². The van der Waals surface area contributed by atoms with Gasteiger partial charge in [-0.2, -0.15) is 13.2 Å². The predicted molar refractivity (Wildman–Crippen MR) is 55.2 cm³/mol. The molecule has 0 aliphatic heterocycles. The summed E-state index contributed by atoms with van der Waals surface area (Å²) in [6.07, 6.45) is -5.33. The molecule has 2 aromatic rings. The van der Waals surface area contributed by atoms with Gasteiger partial charge in [0.15, 0.2) is 0 Å². The molecule has 96 valence electrons. The van der Waals surface area contributed by atoms with E-state index in [1.54, 1.807) is 0 Å². The van der Waals surface area contributed by atoms with Crippen LogP contribution in [-0.4, -0.2) is 32.2 Å². The number of aromatic nitrogens is 3. The molecule has 5 nitrogen and oxygen atoms in total. The lowest BCUT2D eigenvalue weighted by molar-refractivity contribution is -0.137. The first-order valence-corrected chi connectivity index (χ1v) is 5.01. The molecule has 1 heterocycles. The second-order valence-corrected chi connectivity index (χ2v) is 3.66. The van der Waals surface area contributed by atoms with Crippen molar-refractivity contribution in [2.75, 3.05) is 0 Å². The Labute approximate surface area is 98.8 Å². The number of alkyl halides is 3. The number of carboxylic acid groups (broad SMARTS) is 1. The Hall–Kier alpha value is -2.12. The van der Waals surface area contributed by atoms with Crippen LogP contribution in [0.15, 0.2) is 18.2 Å². The molecular formula is C10H8F3N3O2. The Kier molecular flexibility index (Phi) is 2.93. The first kappa shape index (κ1) is 12.3. The van der Waals surface area contributed by atoms with Crippen molar-refractivity contribution in [2.45, 2.75) is 19.1 Å². The Bertz CT molecular complexity index is 592. The molecule has 0 saturated heterocycles. The standard InChI is InChI=1S/C10H8F3N3O2/c11-10(12,13)4-5-16-7-3-1-2-6(9(17)18)8(7)14-15-16/h1-3H,4-5H2,(H,17,18). The maximum atomic E-state index is 12.1. The molecular weight excluding hydrogens is 251 g/mol. The van der Waals surface area contributed by atoms with Crippen LogP contribution in [-0.2, 0) is 6.54 Å². The maximum Gasteiger partial charge on any atom is 0.390 e. The molecule has 0 spiro atoms. The van der Waals surface area contributed by atoms with Crippen LogP contribution in [0.2, 0.25) is 0 Å². The van der Waals surface area contributed by atoms with E-state index in [-0.39, 0.29) is 23.1 Å². The first-order chi connectivity index (χ1) is 8.38. The highest BCUT2D eigenvalue weighted by atomic mass is 19.4. The second kappa shape index (κ2) is 4.28. The fourth-order valence-corrected chi connectivity index (χ4v) is 1.56. The third kappa shape index (κ3) is 2.41. The summed E-state index contributed by atoms with van der Waals surface area (Å²) in [5, 5.41) is 16.0. The molecule has 0 aliphatic carbocycles. The number of carboxylic acids is 1. The number of halogens is 3. The molecule has 1 aromatic carbocycles. The number of carbonyl (C=O) groups is 1. The summed E-state index contributed by atoms with van der Waals surface area (Å²) in [5.74, 6) is -1.19. The summed E-state index contributed by atoms with van der Waals surface area (Å²) in [5.41, 5.74) is 0.289. The minimum Gasteiger partial charge on any atom is -0.478 e. The monoisotopic (exact) mass is 259 g/mol. The molecule has 1 N–H and O–H groups in total. The topological polar surface area (TPSA) is 68.0 Å². The number of fused-ring (bicyclic) bond motifs is 1. The summed E-state index contributed by atoms with van der Waals surface area (Å²) in [6, 6.07) is 4.25. The van der Waals surface area contributed by atoms with Gasteiger partial charge >= 0.3 is 12.1 Å². The average molecular weight is 259 g/mol. The second-order valence-electron chi connectivity index (χ2n) is 3.66. The summed E-state index contributed by atoms with van der Waals surface area (Å²) in [4.78, 5) is 10.9. The van der Waals surface area contributed by atoms with E-state index in [1.165, 1.54) is 18.2 Å². The van der Waals surface area contributed by atoms with Gasteiger partial charge in [0.1, 0.15) is 5.52 Å². The van der Waals surface area contributed by atoms with Crippen LogP contribution in [0.1, 0.15) is 16.8 Å². The quantitative estimate of drug-likeness (QED) is 0.916. The molecule has 0 unspecified atom stereocenters. The number of nitrogens with zero attached hydrogens (tertiary/aromatic N) is 3. The summed E-state index contributed by atoms with van der Waals surface area (Å²) < 4.78 is 37.3. The predicted octanol–water partition coefficient (Wildman–Crippen LogP) is 2.08. The molecule has 0 bridgehead atoms. The lowest BCUT2D eigenvalue weighted by Gasteiger charge is -2.06. The molecule has 0 saturated carbocycles. The number of aromatic carboxylic acids is 1. The van der Waals surface area contributed by atoms with Gasteiger partial charge in [-0.15, -0.1) is 5.10 Å². The SMILES string of the molecule is O=C(O)c1cccc2c1nnn2CCC(F)(F)F. The van der Waals surface area contributed by atoms with Crippen molar-refractivity contribution in [1.82, 2.24) is 15.0 Å². The highest BCUT2D eigenvalue weighted by molar-refractivity contribution is 6.00. The zero-order valence-electron chi connectivity index (χ0n) is 8.98. The fourth-order valence-electron chi connectivity index (χ4n) is 1.56. The highest BCUT2D eigenvalue weighted by Gasteiger charge is 2.27. The third-order valence-electron chi connectivity index (χ3n) is 2.38. The summed E-state index contributed by atoms with van der Waals surface area (Å²) in [7, 11) is 0. The lowest BCUT2D eigenvalue weighted by atomic mass is 10.2. The van der Waals surface area contributed by atoms with E-state index in [4.69, 9.17) is 5.11 Å². The molecule has 0 fully saturated rings. The Balaban J connectivity index is 2.37. The zero-order valence-corrected chi connectivity index (χ0v) is 8.98. The molecule has 8 heteroatoms. The zero-order chi connectivity index (χ0) is 13.3. The third-order valence-corrected chi connectivity index (χ3v) is 2.38. The molecule has 0 aliphatic rings.